The Morgan fingerprint density at radius 1 is 1.25 bits per heavy atom. The minimum atomic E-state index is -1.10. The summed E-state index contributed by atoms with van der Waals surface area (Å²) in [4.78, 5) is 0. The molecule has 80 valence electrons. The zero-order valence-corrected chi connectivity index (χ0v) is 8.25. The molecule has 0 radical (unpaired) electrons. The number of nitrogens with one attached hydrogen (secondary N) is 1. The van der Waals surface area contributed by atoms with Crippen LogP contribution >= 0.6 is 0 Å². The highest BCUT2D eigenvalue weighted by Crippen LogP contribution is 2.19. The number of hydrazone groups is 1. The van der Waals surface area contributed by atoms with Crippen molar-refractivity contribution >= 4 is 11.4 Å². The minimum Gasteiger partial charge on any atom is -0.273 e. The maximum absolute atomic E-state index is 13.2. The number of halogens is 2. The molecule has 1 aromatic carbocycles. The van der Waals surface area contributed by atoms with Crippen LogP contribution in [0.2, 0.25) is 0 Å². The van der Waals surface area contributed by atoms with Gasteiger partial charge in [-0.3, -0.25) is 5.43 Å². The van der Waals surface area contributed by atoms with Crippen LogP contribution < -0.4 is 5.43 Å². The summed E-state index contributed by atoms with van der Waals surface area (Å²) in [6.45, 7) is 1.42. The normalized spacial score (nSPS) is 8.81. The van der Waals surface area contributed by atoms with Gasteiger partial charge in [0, 0.05) is 0 Å². The Balaban J connectivity index is 3.02. The van der Waals surface area contributed by atoms with Crippen LogP contribution in [-0.2, 0) is 0 Å². The Morgan fingerprint density at radius 2 is 1.88 bits per heavy atom. The predicted octanol–water partition coefficient (Wildman–Crippen LogP) is 2.09. The molecule has 0 atom stereocenters. The third-order valence-electron chi connectivity index (χ3n) is 1.78. The maximum atomic E-state index is 13.2. The van der Waals surface area contributed by atoms with Gasteiger partial charge in [-0.05, 0) is 18.6 Å². The molecule has 6 heteroatoms. The molecule has 0 aliphatic carbocycles. The first-order chi connectivity index (χ1) is 7.60. The molecule has 0 saturated carbocycles. The van der Waals surface area contributed by atoms with E-state index in [0.29, 0.717) is 0 Å². The zero-order valence-electron chi connectivity index (χ0n) is 8.25. The zero-order chi connectivity index (χ0) is 12.1. The lowest BCUT2D eigenvalue weighted by Gasteiger charge is -2.04. The fourth-order valence-corrected chi connectivity index (χ4v) is 0.923. The van der Waals surface area contributed by atoms with Crippen molar-refractivity contribution in [1.82, 2.24) is 0 Å². The van der Waals surface area contributed by atoms with Crippen molar-refractivity contribution in [3.8, 4) is 12.1 Å². The van der Waals surface area contributed by atoms with E-state index in [1.807, 2.05) is 0 Å². The highest BCUT2D eigenvalue weighted by Gasteiger charge is 2.10. The maximum Gasteiger partial charge on any atom is 0.237 e. The van der Waals surface area contributed by atoms with Crippen molar-refractivity contribution in [1.29, 1.82) is 10.5 Å². The van der Waals surface area contributed by atoms with E-state index in [1.165, 1.54) is 31.2 Å². The second-order valence-corrected chi connectivity index (χ2v) is 2.85. The van der Waals surface area contributed by atoms with Crippen LogP contribution in [0, 0.1) is 41.2 Å². The fourth-order valence-electron chi connectivity index (χ4n) is 0.923. The van der Waals surface area contributed by atoms with E-state index < -0.39 is 17.3 Å². The third-order valence-corrected chi connectivity index (χ3v) is 1.78. The molecule has 0 amide bonds. The molecule has 0 bridgehead atoms. The SMILES string of the molecule is Cc1ccc(NN=C(C#N)C#N)c(F)c1F. The molecule has 1 aromatic rings. The first-order valence-corrected chi connectivity index (χ1v) is 4.18. The average Bonchev–Trinajstić information content (AvgIpc) is 2.30. The third kappa shape index (κ3) is 2.31. The van der Waals surface area contributed by atoms with Gasteiger partial charge in [0.1, 0.15) is 12.1 Å². The molecule has 4 nitrogen and oxygen atoms in total. The van der Waals surface area contributed by atoms with Crippen LogP contribution in [-0.4, -0.2) is 5.71 Å². The highest BCUT2D eigenvalue weighted by atomic mass is 19.2. The number of benzene rings is 1. The minimum absolute atomic E-state index is 0.160. The molecule has 0 heterocycles. The monoisotopic (exact) mass is 220 g/mol. The van der Waals surface area contributed by atoms with Crippen molar-refractivity contribution in [2.45, 2.75) is 6.92 Å². The van der Waals surface area contributed by atoms with Gasteiger partial charge in [-0.1, -0.05) is 6.07 Å². The van der Waals surface area contributed by atoms with Gasteiger partial charge in [0.05, 0.1) is 5.69 Å². The average molecular weight is 220 g/mol. The van der Waals surface area contributed by atoms with Crippen LogP contribution in [0.4, 0.5) is 14.5 Å². The molecule has 0 saturated heterocycles. The number of anilines is 1. The van der Waals surface area contributed by atoms with Gasteiger partial charge in [-0.2, -0.15) is 15.6 Å². The van der Waals surface area contributed by atoms with Gasteiger partial charge in [0.25, 0.3) is 0 Å². The summed E-state index contributed by atoms with van der Waals surface area (Å²) in [7, 11) is 0. The summed E-state index contributed by atoms with van der Waals surface area (Å²) in [5.41, 5.74) is 1.57. The topological polar surface area (TPSA) is 72.0 Å². The van der Waals surface area contributed by atoms with E-state index >= 15 is 0 Å². The summed E-state index contributed by atoms with van der Waals surface area (Å²) in [5.74, 6) is -2.09. The van der Waals surface area contributed by atoms with E-state index in [9.17, 15) is 8.78 Å². The number of hydrogen-bond acceptors (Lipinski definition) is 4. The lowest BCUT2D eigenvalue weighted by molar-refractivity contribution is 0.505. The molecule has 1 rings (SSSR count). The van der Waals surface area contributed by atoms with Gasteiger partial charge < -0.3 is 0 Å². The second kappa shape index (κ2) is 4.85. The van der Waals surface area contributed by atoms with Crippen molar-refractivity contribution in [2.75, 3.05) is 5.43 Å². The number of nitrogens with zero attached hydrogens (tertiary/aromatic N) is 3. The van der Waals surface area contributed by atoms with Crippen molar-refractivity contribution in [3.05, 3.63) is 29.3 Å². The summed E-state index contributed by atoms with van der Waals surface area (Å²) in [6.07, 6.45) is 0. The molecule has 1 N–H and O–H groups in total. The van der Waals surface area contributed by atoms with E-state index in [4.69, 9.17) is 10.5 Å². The quantitative estimate of drug-likeness (QED) is 0.612. The molecule has 0 fully saturated rings. The van der Waals surface area contributed by atoms with Gasteiger partial charge in [0.2, 0.25) is 5.71 Å². The largest absolute Gasteiger partial charge is 0.273 e. The van der Waals surface area contributed by atoms with Crippen LogP contribution in [0.3, 0.4) is 0 Å². The first kappa shape index (κ1) is 11.6. The van der Waals surface area contributed by atoms with Crippen molar-refractivity contribution < 1.29 is 8.78 Å². The second-order valence-electron chi connectivity index (χ2n) is 2.85. The van der Waals surface area contributed by atoms with Gasteiger partial charge >= 0.3 is 0 Å². The molecular weight excluding hydrogens is 214 g/mol. The molecular formula is C10H6F2N4. The Bertz CT molecular complexity index is 507. The van der Waals surface area contributed by atoms with Crippen LogP contribution in [0.25, 0.3) is 0 Å². The van der Waals surface area contributed by atoms with E-state index in [1.54, 1.807) is 0 Å². The lowest BCUT2D eigenvalue weighted by Crippen LogP contribution is -2.00. The molecule has 0 aliphatic heterocycles. The number of aryl methyl sites for hydroxylation is 1. The Morgan fingerprint density at radius 3 is 2.44 bits per heavy atom. The molecule has 0 aliphatic rings. The Hall–Kier alpha value is -2.47. The molecule has 0 aromatic heterocycles. The van der Waals surface area contributed by atoms with E-state index in [2.05, 4.69) is 10.5 Å². The Labute approximate surface area is 90.4 Å². The summed E-state index contributed by atoms with van der Waals surface area (Å²) in [6, 6.07) is 5.58. The van der Waals surface area contributed by atoms with Gasteiger partial charge in [-0.25, -0.2) is 8.78 Å². The van der Waals surface area contributed by atoms with E-state index in [0.717, 1.165) is 0 Å². The Kier molecular flexibility index (Phi) is 3.52. The van der Waals surface area contributed by atoms with E-state index in [-0.39, 0.29) is 11.3 Å². The van der Waals surface area contributed by atoms with Crippen LogP contribution in [0.5, 0.6) is 0 Å². The molecule has 16 heavy (non-hydrogen) atoms. The predicted molar refractivity (Wildman–Crippen MR) is 53.4 cm³/mol. The van der Waals surface area contributed by atoms with Crippen LogP contribution in [0.15, 0.2) is 17.2 Å². The smallest absolute Gasteiger partial charge is 0.237 e. The summed E-state index contributed by atoms with van der Waals surface area (Å²) in [5, 5.41) is 20.0. The van der Waals surface area contributed by atoms with Crippen molar-refractivity contribution in [2.24, 2.45) is 5.10 Å². The van der Waals surface area contributed by atoms with Gasteiger partial charge in [-0.15, -0.1) is 0 Å². The lowest BCUT2D eigenvalue weighted by atomic mass is 10.2. The number of nitriles is 2. The van der Waals surface area contributed by atoms with Crippen LogP contribution in [0.1, 0.15) is 5.56 Å². The summed E-state index contributed by atoms with van der Waals surface area (Å²) < 4.78 is 26.3. The molecule has 0 spiro atoms. The summed E-state index contributed by atoms with van der Waals surface area (Å²) >= 11 is 0. The first-order valence-electron chi connectivity index (χ1n) is 4.18. The standard InChI is InChI=1S/C10H6F2N4/c1-6-2-3-8(10(12)9(6)11)16-15-7(4-13)5-14/h2-3,16H,1H3. The van der Waals surface area contributed by atoms with Gasteiger partial charge in [0.15, 0.2) is 11.6 Å². The molecule has 0 unspecified atom stereocenters. The number of rotatable bonds is 2. The number of hydrogen-bond donors (Lipinski definition) is 1. The van der Waals surface area contributed by atoms with Crippen molar-refractivity contribution in [3.63, 3.8) is 0 Å². The fraction of sp³-hybridized carbons (Fsp3) is 0.100. The highest BCUT2D eigenvalue weighted by molar-refractivity contribution is 6.10.